The molecule has 1 aromatic carbocycles. The topological polar surface area (TPSA) is 55.4 Å². The standard InChI is InChI=1S/C18H17NO3S2/c20-17-15(22-18(21)11-4-3-5-11)16(12-8-9-23-10-12)24-14-7-2-1-6-13(14)19-17/h1-2,6-11,15-16H,3-5H2,(H,19,20)/t15-,16+/m1/s1. The molecule has 6 heteroatoms. The van der Waals surface area contributed by atoms with Crippen molar-refractivity contribution in [3.05, 3.63) is 46.7 Å². The molecule has 2 heterocycles. The molecule has 0 unspecified atom stereocenters. The molecule has 1 aromatic heterocycles. The van der Waals surface area contributed by atoms with E-state index in [0.717, 1.165) is 35.4 Å². The van der Waals surface area contributed by atoms with Gasteiger partial charge in [0, 0.05) is 4.90 Å². The van der Waals surface area contributed by atoms with Crippen LogP contribution in [-0.2, 0) is 14.3 Å². The first kappa shape index (κ1) is 15.7. The summed E-state index contributed by atoms with van der Waals surface area (Å²) in [6, 6.07) is 9.69. The molecule has 1 aliphatic carbocycles. The molecule has 24 heavy (non-hydrogen) atoms. The van der Waals surface area contributed by atoms with Crippen LogP contribution in [-0.4, -0.2) is 18.0 Å². The average Bonchev–Trinajstić information content (AvgIpc) is 3.00. The minimum Gasteiger partial charge on any atom is -0.450 e. The number of ether oxygens (including phenoxy) is 1. The van der Waals surface area contributed by atoms with Gasteiger partial charge < -0.3 is 10.1 Å². The number of thioether (sulfide) groups is 1. The highest BCUT2D eigenvalue weighted by atomic mass is 32.2. The molecule has 0 bridgehead atoms. The predicted molar refractivity (Wildman–Crippen MR) is 95.2 cm³/mol. The summed E-state index contributed by atoms with van der Waals surface area (Å²) in [6.45, 7) is 0. The summed E-state index contributed by atoms with van der Waals surface area (Å²) in [5.41, 5.74) is 1.79. The minimum atomic E-state index is -0.815. The third-order valence-electron chi connectivity index (χ3n) is 4.49. The molecule has 0 saturated heterocycles. The summed E-state index contributed by atoms with van der Waals surface area (Å²) < 4.78 is 5.69. The number of nitrogens with one attached hydrogen (secondary N) is 1. The Morgan fingerprint density at radius 1 is 1.21 bits per heavy atom. The molecule has 1 N–H and O–H groups in total. The number of hydrogen-bond acceptors (Lipinski definition) is 5. The number of benzene rings is 1. The Kier molecular flexibility index (Phi) is 4.33. The van der Waals surface area contributed by atoms with Gasteiger partial charge in [-0.3, -0.25) is 9.59 Å². The van der Waals surface area contributed by atoms with Crippen molar-refractivity contribution in [2.45, 2.75) is 35.5 Å². The summed E-state index contributed by atoms with van der Waals surface area (Å²) in [5.74, 6) is -0.541. The van der Waals surface area contributed by atoms with E-state index >= 15 is 0 Å². The van der Waals surface area contributed by atoms with E-state index in [-0.39, 0.29) is 23.0 Å². The van der Waals surface area contributed by atoms with Crippen LogP contribution in [0, 0.1) is 5.92 Å². The molecule has 4 nitrogen and oxygen atoms in total. The Hall–Kier alpha value is -1.79. The van der Waals surface area contributed by atoms with Crippen LogP contribution in [0.4, 0.5) is 5.69 Å². The molecule has 2 atom stereocenters. The van der Waals surface area contributed by atoms with Gasteiger partial charge in [-0.2, -0.15) is 11.3 Å². The van der Waals surface area contributed by atoms with Gasteiger partial charge in [-0.05, 0) is 47.4 Å². The van der Waals surface area contributed by atoms with Gasteiger partial charge in [-0.1, -0.05) is 18.6 Å². The van der Waals surface area contributed by atoms with Gasteiger partial charge in [-0.25, -0.2) is 0 Å². The highest BCUT2D eigenvalue weighted by Gasteiger charge is 2.39. The molecule has 1 aliphatic heterocycles. The summed E-state index contributed by atoms with van der Waals surface area (Å²) in [5, 5.41) is 6.68. The lowest BCUT2D eigenvalue weighted by Crippen LogP contribution is -2.38. The summed E-state index contributed by atoms with van der Waals surface area (Å²) in [6.07, 6.45) is 1.98. The maximum absolute atomic E-state index is 12.7. The van der Waals surface area contributed by atoms with Crippen molar-refractivity contribution in [2.75, 3.05) is 5.32 Å². The zero-order valence-corrected chi connectivity index (χ0v) is 14.6. The second-order valence-corrected chi connectivity index (χ2v) is 8.03. The number of para-hydroxylation sites is 1. The lowest BCUT2D eigenvalue weighted by molar-refractivity contribution is -0.160. The van der Waals surface area contributed by atoms with Gasteiger partial charge in [0.15, 0.2) is 6.10 Å². The van der Waals surface area contributed by atoms with Crippen molar-refractivity contribution >= 4 is 40.7 Å². The predicted octanol–water partition coefficient (Wildman–Crippen LogP) is 4.25. The van der Waals surface area contributed by atoms with Crippen LogP contribution in [0.2, 0.25) is 0 Å². The van der Waals surface area contributed by atoms with Crippen LogP contribution >= 0.6 is 23.1 Å². The Bertz CT molecular complexity index is 755. The van der Waals surface area contributed by atoms with E-state index in [4.69, 9.17) is 4.74 Å². The smallest absolute Gasteiger partial charge is 0.309 e. The van der Waals surface area contributed by atoms with E-state index in [0.29, 0.717) is 0 Å². The molecular formula is C18H17NO3S2. The highest BCUT2D eigenvalue weighted by molar-refractivity contribution is 7.99. The summed E-state index contributed by atoms with van der Waals surface area (Å²) in [7, 11) is 0. The van der Waals surface area contributed by atoms with E-state index in [9.17, 15) is 9.59 Å². The summed E-state index contributed by atoms with van der Waals surface area (Å²) in [4.78, 5) is 26.1. The van der Waals surface area contributed by atoms with Crippen molar-refractivity contribution in [2.24, 2.45) is 5.92 Å². The monoisotopic (exact) mass is 359 g/mol. The molecule has 2 aromatic rings. The van der Waals surface area contributed by atoms with E-state index in [2.05, 4.69) is 5.32 Å². The third kappa shape index (κ3) is 2.96. The third-order valence-corrected chi connectivity index (χ3v) is 6.57. The minimum absolute atomic E-state index is 0.0449. The molecule has 1 saturated carbocycles. The van der Waals surface area contributed by atoms with Gasteiger partial charge in [0.25, 0.3) is 5.91 Å². The number of fused-ring (bicyclic) bond motifs is 1. The Morgan fingerprint density at radius 3 is 2.75 bits per heavy atom. The lowest BCUT2D eigenvalue weighted by Gasteiger charge is -2.28. The second kappa shape index (κ2) is 6.61. The number of carbonyl (C=O) groups is 2. The van der Waals surface area contributed by atoms with Gasteiger partial charge in [0.2, 0.25) is 0 Å². The molecular weight excluding hydrogens is 342 g/mol. The van der Waals surface area contributed by atoms with Gasteiger partial charge >= 0.3 is 5.97 Å². The highest BCUT2D eigenvalue weighted by Crippen LogP contribution is 2.45. The number of anilines is 1. The van der Waals surface area contributed by atoms with E-state index in [1.54, 1.807) is 23.1 Å². The number of rotatable bonds is 3. The summed E-state index contributed by atoms with van der Waals surface area (Å²) >= 11 is 3.15. The number of amides is 1. The second-order valence-electron chi connectivity index (χ2n) is 6.07. The average molecular weight is 359 g/mol. The van der Waals surface area contributed by atoms with Crippen LogP contribution in [0.3, 0.4) is 0 Å². The zero-order valence-electron chi connectivity index (χ0n) is 12.9. The maximum Gasteiger partial charge on any atom is 0.309 e. The number of hydrogen-bond donors (Lipinski definition) is 1. The van der Waals surface area contributed by atoms with Gasteiger partial charge in [0.05, 0.1) is 16.9 Å². The van der Waals surface area contributed by atoms with Crippen molar-refractivity contribution in [1.29, 1.82) is 0 Å². The Balaban J connectivity index is 1.66. The van der Waals surface area contributed by atoms with E-state index < -0.39 is 6.10 Å². The molecule has 1 amide bonds. The quantitative estimate of drug-likeness (QED) is 0.833. The molecule has 124 valence electrons. The fraction of sp³-hybridized carbons (Fsp3) is 0.333. The number of esters is 1. The first-order valence-electron chi connectivity index (χ1n) is 8.01. The Labute approximate surface area is 148 Å². The fourth-order valence-corrected chi connectivity index (χ4v) is 4.92. The van der Waals surface area contributed by atoms with Crippen LogP contribution in [0.5, 0.6) is 0 Å². The maximum atomic E-state index is 12.7. The van der Waals surface area contributed by atoms with E-state index in [1.165, 1.54) is 0 Å². The van der Waals surface area contributed by atoms with Crippen LogP contribution in [0.25, 0.3) is 0 Å². The molecule has 4 rings (SSSR count). The first-order chi connectivity index (χ1) is 11.7. The van der Waals surface area contributed by atoms with Gasteiger partial charge in [-0.15, -0.1) is 11.8 Å². The number of carbonyl (C=O) groups excluding carboxylic acids is 2. The van der Waals surface area contributed by atoms with Gasteiger partial charge in [0.1, 0.15) is 0 Å². The van der Waals surface area contributed by atoms with Crippen molar-refractivity contribution in [3.8, 4) is 0 Å². The zero-order chi connectivity index (χ0) is 16.5. The van der Waals surface area contributed by atoms with Crippen LogP contribution in [0.1, 0.15) is 30.1 Å². The Morgan fingerprint density at radius 2 is 2.04 bits per heavy atom. The fourth-order valence-electron chi connectivity index (χ4n) is 2.87. The first-order valence-corrected chi connectivity index (χ1v) is 9.84. The van der Waals surface area contributed by atoms with E-state index in [1.807, 2.05) is 41.1 Å². The lowest BCUT2D eigenvalue weighted by atomic mass is 9.85. The van der Waals surface area contributed by atoms with Crippen molar-refractivity contribution in [1.82, 2.24) is 0 Å². The van der Waals surface area contributed by atoms with Crippen molar-refractivity contribution in [3.63, 3.8) is 0 Å². The van der Waals surface area contributed by atoms with Crippen molar-refractivity contribution < 1.29 is 14.3 Å². The molecule has 2 aliphatic rings. The molecule has 0 spiro atoms. The number of thiophene rings is 1. The molecule has 0 radical (unpaired) electrons. The SMILES string of the molecule is O=C(O[C@H]1C(=O)Nc2ccccc2S[C@H]1c1ccsc1)C1CCC1. The molecule has 1 fully saturated rings. The van der Waals surface area contributed by atoms with Crippen LogP contribution < -0.4 is 5.32 Å². The largest absolute Gasteiger partial charge is 0.450 e. The van der Waals surface area contributed by atoms with Crippen LogP contribution in [0.15, 0.2) is 46.0 Å². The normalized spacial score (nSPS) is 23.6.